The van der Waals surface area contributed by atoms with Crippen LogP contribution in [0.1, 0.15) is 0 Å². The van der Waals surface area contributed by atoms with E-state index in [-0.39, 0.29) is 0 Å². The first-order valence-electron chi connectivity index (χ1n) is 11.5. The fourth-order valence-corrected chi connectivity index (χ4v) is 7.04. The van der Waals surface area contributed by atoms with Crippen LogP contribution in [-0.2, 0) is 0 Å². The molecule has 9 rings (SSSR count). The van der Waals surface area contributed by atoms with Crippen molar-refractivity contribution in [2.24, 2.45) is 0 Å². The highest BCUT2D eigenvalue weighted by Crippen LogP contribution is 2.52. The molecule has 158 valence electrons. The van der Waals surface area contributed by atoms with Crippen LogP contribution in [0, 0.1) is 0 Å². The third-order valence-corrected chi connectivity index (χ3v) is 8.46. The van der Waals surface area contributed by atoms with E-state index in [4.69, 9.17) is 4.74 Å². The van der Waals surface area contributed by atoms with E-state index in [2.05, 4.69) is 93.9 Å². The predicted molar refractivity (Wildman–Crippen MR) is 140 cm³/mol. The van der Waals surface area contributed by atoms with Gasteiger partial charge in [0.2, 0.25) is 0 Å². The van der Waals surface area contributed by atoms with Crippen LogP contribution in [0.15, 0.2) is 107 Å². The Morgan fingerprint density at radius 3 is 2.32 bits per heavy atom. The van der Waals surface area contributed by atoms with Crippen molar-refractivity contribution in [3.8, 4) is 17.2 Å². The average molecular weight is 453 g/mol. The molecule has 4 heterocycles. The lowest BCUT2D eigenvalue weighted by atomic mass is 10.1. The number of hydrogen-bond acceptors (Lipinski definition) is 2. The van der Waals surface area contributed by atoms with Crippen molar-refractivity contribution in [3.05, 3.63) is 97.1 Å². The lowest BCUT2D eigenvalue weighted by molar-refractivity contribution is 0.454. The second-order valence-corrected chi connectivity index (χ2v) is 10.0. The minimum atomic E-state index is 0.916. The molecule has 0 atom stereocenters. The molecule has 4 heteroatoms. The van der Waals surface area contributed by atoms with Crippen molar-refractivity contribution in [1.29, 1.82) is 0 Å². The molecule has 0 radical (unpaired) electrons. The van der Waals surface area contributed by atoms with Crippen molar-refractivity contribution < 1.29 is 4.74 Å². The molecule has 0 bridgehead atoms. The molecule has 1 aliphatic heterocycles. The topological polar surface area (TPSA) is 18.6 Å². The van der Waals surface area contributed by atoms with Gasteiger partial charge < -0.3 is 13.7 Å². The Morgan fingerprint density at radius 1 is 0.559 bits per heavy atom. The van der Waals surface area contributed by atoms with Crippen molar-refractivity contribution in [2.75, 3.05) is 0 Å². The smallest absolute Gasteiger partial charge is 0.143 e. The van der Waals surface area contributed by atoms with E-state index in [9.17, 15) is 0 Å². The molecule has 34 heavy (non-hydrogen) atoms. The quantitative estimate of drug-likeness (QED) is 0.249. The number of benzene rings is 5. The monoisotopic (exact) mass is 452 g/mol. The number of fused-ring (bicyclic) bond motifs is 6. The number of aromatic nitrogens is 2. The highest BCUT2D eigenvalue weighted by Gasteiger charge is 2.27. The van der Waals surface area contributed by atoms with E-state index >= 15 is 0 Å². The van der Waals surface area contributed by atoms with Gasteiger partial charge in [-0.3, -0.25) is 0 Å². The summed E-state index contributed by atoms with van der Waals surface area (Å²) >= 11 is 1.79. The lowest BCUT2D eigenvalue weighted by Gasteiger charge is -2.22. The largest absolute Gasteiger partial charge is 0.455 e. The Labute approximate surface area is 198 Å². The molecular formula is C30H16N2OS. The van der Waals surface area contributed by atoms with Crippen LogP contribution in [0.5, 0.6) is 11.5 Å². The van der Waals surface area contributed by atoms with Gasteiger partial charge in [-0.05, 0) is 48.5 Å². The molecule has 0 spiro atoms. The lowest BCUT2D eigenvalue weighted by Crippen LogP contribution is -2.02. The SMILES string of the molecule is c1ccc2c(c1)Oc1cccc(-n3c4cccc5c4c4c3ccc3c6ccccc6n5c34)c1S2. The van der Waals surface area contributed by atoms with Crippen molar-refractivity contribution in [1.82, 2.24) is 8.97 Å². The van der Waals surface area contributed by atoms with Crippen LogP contribution in [-0.4, -0.2) is 8.97 Å². The van der Waals surface area contributed by atoms with Gasteiger partial charge in [0.05, 0.1) is 43.1 Å². The average Bonchev–Trinajstić information content (AvgIpc) is 3.52. The maximum atomic E-state index is 6.32. The van der Waals surface area contributed by atoms with Gasteiger partial charge in [0.1, 0.15) is 11.5 Å². The van der Waals surface area contributed by atoms with Gasteiger partial charge in [0.15, 0.2) is 0 Å². The Bertz CT molecular complexity index is 2080. The highest BCUT2D eigenvalue weighted by molar-refractivity contribution is 7.99. The zero-order chi connectivity index (χ0) is 22.0. The Morgan fingerprint density at radius 2 is 1.32 bits per heavy atom. The second kappa shape index (κ2) is 5.85. The van der Waals surface area contributed by atoms with Gasteiger partial charge in [-0.15, -0.1) is 0 Å². The van der Waals surface area contributed by atoms with Crippen molar-refractivity contribution in [2.45, 2.75) is 9.79 Å². The molecule has 0 amide bonds. The van der Waals surface area contributed by atoms with Gasteiger partial charge in [0, 0.05) is 21.5 Å². The fraction of sp³-hybridized carbons (Fsp3) is 0. The van der Waals surface area contributed by atoms with Crippen LogP contribution in [0.3, 0.4) is 0 Å². The van der Waals surface area contributed by atoms with E-state index in [0.717, 1.165) is 27.0 Å². The molecule has 5 aromatic carbocycles. The van der Waals surface area contributed by atoms with Crippen LogP contribution in [0.25, 0.3) is 54.8 Å². The Kier molecular flexibility index (Phi) is 2.98. The predicted octanol–water partition coefficient (Wildman–Crippen LogP) is 8.48. The molecule has 0 saturated carbocycles. The third-order valence-electron chi connectivity index (χ3n) is 7.29. The zero-order valence-corrected chi connectivity index (χ0v) is 18.8. The van der Waals surface area contributed by atoms with Gasteiger partial charge in [-0.2, -0.15) is 0 Å². The summed E-state index contributed by atoms with van der Waals surface area (Å²) in [5.74, 6) is 1.84. The van der Waals surface area contributed by atoms with E-state index in [0.29, 0.717) is 0 Å². The first-order valence-corrected chi connectivity index (χ1v) is 12.3. The summed E-state index contributed by atoms with van der Waals surface area (Å²) in [5.41, 5.74) is 7.51. The molecule has 8 aromatic rings. The second-order valence-electron chi connectivity index (χ2n) is 8.97. The standard InChI is InChI=1S/C30H16N2OS/c1-2-8-19-17(7-1)18-15-16-22-28-27-20(9-5-10-21(27)32(19)29(18)28)31(22)23-11-6-13-25-30(23)34-26-14-4-3-12-24(26)33-25/h1-16H. The number of rotatable bonds is 1. The van der Waals surface area contributed by atoms with Crippen LogP contribution < -0.4 is 4.74 Å². The number of hydrogen-bond donors (Lipinski definition) is 0. The van der Waals surface area contributed by atoms with Crippen LogP contribution in [0.4, 0.5) is 0 Å². The number of para-hydroxylation sites is 2. The summed E-state index contributed by atoms with van der Waals surface area (Å²) in [6, 6.07) is 34.7. The third kappa shape index (κ3) is 1.90. The van der Waals surface area contributed by atoms with Gasteiger partial charge in [0.25, 0.3) is 0 Å². The summed E-state index contributed by atoms with van der Waals surface area (Å²) in [4.78, 5) is 2.31. The molecule has 1 aliphatic rings. The number of nitrogens with zero attached hydrogens (tertiary/aromatic N) is 2. The highest BCUT2D eigenvalue weighted by atomic mass is 32.2. The van der Waals surface area contributed by atoms with E-state index < -0.39 is 0 Å². The fourth-order valence-electron chi connectivity index (χ4n) is 5.99. The molecule has 3 aromatic heterocycles. The minimum Gasteiger partial charge on any atom is -0.455 e. The Balaban J connectivity index is 1.44. The van der Waals surface area contributed by atoms with Crippen LogP contribution >= 0.6 is 11.8 Å². The van der Waals surface area contributed by atoms with E-state index in [1.165, 1.54) is 49.1 Å². The summed E-state index contributed by atoms with van der Waals surface area (Å²) in [6.45, 7) is 0. The van der Waals surface area contributed by atoms with Crippen molar-refractivity contribution in [3.63, 3.8) is 0 Å². The van der Waals surface area contributed by atoms with Gasteiger partial charge >= 0.3 is 0 Å². The molecule has 0 unspecified atom stereocenters. The number of ether oxygens (including phenoxy) is 1. The van der Waals surface area contributed by atoms with E-state index in [1.54, 1.807) is 11.8 Å². The van der Waals surface area contributed by atoms with Gasteiger partial charge in [-0.1, -0.05) is 60.3 Å². The summed E-state index contributed by atoms with van der Waals surface area (Å²) in [7, 11) is 0. The normalized spacial score (nSPS) is 13.4. The summed E-state index contributed by atoms with van der Waals surface area (Å²) < 4.78 is 11.2. The summed E-state index contributed by atoms with van der Waals surface area (Å²) in [5, 5.41) is 5.31. The molecule has 0 saturated heterocycles. The molecule has 3 nitrogen and oxygen atoms in total. The van der Waals surface area contributed by atoms with Crippen molar-refractivity contribution >= 4 is 60.9 Å². The molecule has 0 N–H and O–H groups in total. The minimum absolute atomic E-state index is 0.916. The van der Waals surface area contributed by atoms with Crippen LogP contribution in [0.2, 0.25) is 0 Å². The molecule has 0 fully saturated rings. The van der Waals surface area contributed by atoms with E-state index in [1.807, 2.05) is 12.1 Å². The van der Waals surface area contributed by atoms with Gasteiger partial charge in [-0.25, -0.2) is 0 Å². The zero-order valence-electron chi connectivity index (χ0n) is 17.9. The maximum Gasteiger partial charge on any atom is 0.143 e. The first-order chi connectivity index (χ1) is 16.9. The molecule has 0 aliphatic carbocycles. The summed E-state index contributed by atoms with van der Waals surface area (Å²) in [6.07, 6.45) is 0. The maximum absolute atomic E-state index is 6.32. The molecular weight excluding hydrogens is 436 g/mol. The first kappa shape index (κ1) is 17.3. The Hall–Kier alpha value is -4.15.